The van der Waals surface area contributed by atoms with Gasteiger partial charge < -0.3 is 11.1 Å². The van der Waals surface area contributed by atoms with E-state index in [0.717, 1.165) is 21.9 Å². The maximum atomic E-state index is 12.6. The topological polar surface area (TPSA) is 127 Å². The summed E-state index contributed by atoms with van der Waals surface area (Å²) in [5.74, 6) is -1.43. The summed E-state index contributed by atoms with van der Waals surface area (Å²) in [7, 11) is 0. The van der Waals surface area contributed by atoms with E-state index in [0.29, 0.717) is 0 Å². The van der Waals surface area contributed by atoms with Crippen molar-refractivity contribution in [1.82, 2.24) is 14.9 Å². The Morgan fingerprint density at radius 1 is 1.00 bits per heavy atom. The number of rotatable bonds is 7. The molecule has 8 nitrogen and oxygen atoms in total. The number of nitrogens with one attached hydrogen (secondary N) is 2. The second kappa shape index (κ2) is 8.60. The van der Waals surface area contributed by atoms with Gasteiger partial charge in [-0.15, -0.1) is 0 Å². The average molecular weight is 406 g/mol. The molecular formula is C22H22N4O4. The third-order valence-electron chi connectivity index (χ3n) is 5.05. The minimum absolute atomic E-state index is 0.278. The molecule has 0 radical (unpaired) electrons. The molecule has 1 heterocycles. The number of primary amides is 1. The molecule has 0 atom stereocenters. The van der Waals surface area contributed by atoms with E-state index >= 15 is 0 Å². The van der Waals surface area contributed by atoms with Gasteiger partial charge in [0.25, 0.3) is 11.5 Å². The third-order valence-corrected chi connectivity index (χ3v) is 5.05. The minimum Gasteiger partial charge on any atom is -0.365 e. The van der Waals surface area contributed by atoms with Crippen LogP contribution in [0.1, 0.15) is 28.4 Å². The lowest BCUT2D eigenvalue weighted by atomic mass is 9.76. The number of amides is 2. The largest absolute Gasteiger partial charge is 0.365 e. The predicted octanol–water partition coefficient (Wildman–Crippen LogP) is 0.758. The fourth-order valence-corrected chi connectivity index (χ4v) is 3.27. The molecule has 1 aromatic heterocycles. The fraction of sp³-hybridized carbons (Fsp3) is 0.182. The zero-order valence-electron chi connectivity index (χ0n) is 16.4. The zero-order chi connectivity index (χ0) is 21.7. The molecule has 154 valence electrons. The first-order valence-corrected chi connectivity index (χ1v) is 9.32. The van der Waals surface area contributed by atoms with Gasteiger partial charge in [0.05, 0.1) is 0 Å². The quantitative estimate of drug-likeness (QED) is 0.535. The zero-order valence-corrected chi connectivity index (χ0v) is 16.4. The average Bonchev–Trinajstić information content (AvgIpc) is 2.75. The molecule has 2 aromatic carbocycles. The summed E-state index contributed by atoms with van der Waals surface area (Å²) in [6.45, 7) is 1.94. The molecule has 0 saturated heterocycles. The number of carbonyl (C=O) groups excluding carboxylic acids is 2. The summed E-state index contributed by atoms with van der Waals surface area (Å²) >= 11 is 0. The van der Waals surface area contributed by atoms with Crippen LogP contribution in [0.3, 0.4) is 0 Å². The van der Waals surface area contributed by atoms with Crippen molar-refractivity contribution in [1.29, 1.82) is 0 Å². The molecule has 3 aromatic rings. The van der Waals surface area contributed by atoms with Crippen LogP contribution in [-0.4, -0.2) is 27.9 Å². The number of nitrogens with zero attached hydrogens (tertiary/aromatic N) is 1. The highest BCUT2D eigenvalue weighted by Crippen LogP contribution is 2.31. The van der Waals surface area contributed by atoms with Crippen LogP contribution in [0.25, 0.3) is 0 Å². The predicted molar refractivity (Wildman–Crippen MR) is 112 cm³/mol. The highest BCUT2D eigenvalue weighted by Gasteiger charge is 2.29. The van der Waals surface area contributed by atoms with E-state index in [1.807, 2.05) is 72.6 Å². The van der Waals surface area contributed by atoms with Gasteiger partial charge in [0.2, 0.25) is 5.91 Å². The number of carbonyl (C=O) groups is 2. The summed E-state index contributed by atoms with van der Waals surface area (Å²) in [5, 5.41) is 2.85. The van der Waals surface area contributed by atoms with E-state index in [9.17, 15) is 19.2 Å². The van der Waals surface area contributed by atoms with Crippen LogP contribution < -0.4 is 22.3 Å². The van der Waals surface area contributed by atoms with Crippen molar-refractivity contribution in [2.75, 3.05) is 6.54 Å². The number of aromatic nitrogens is 2. The molecule has 3 rings (SSSR count). The van der Waals surface area contributed by atoms with Crippen molar-refractivity contribution in [2.45, 2.75) is 18.9 Å². The smallest absolute Gasteiger partial charge is 0.328 e. The summed E-state index contributed by atoms with van der Waals surface area (Å²) in [6.07, 6.45) is 0.997. The maximum Gasteiger partial charge on any atom is 0.328 e. The minimum atomic E-state index is -0.980. The van der Waals surface area contributed by atoms with E-state index < -0.39 is 28.5 Å². The molecule has 0 aliphatic carbocycles. The van der Waals surface area contributed by atoms with Gasteiger partial charge >= 0.3 is 5.69 Å². The van der Waals surface area contributed by atoms with Crippen molar-refractivity contribution in [3.05, 3.63) is 104 Å². The lowest BCUT2D eigenvalue weighted by Gasteiger charge is -2.31. The number of aromatic amines is 1. The fourth-order valence-electron chi connectivity index (χ4n) is 3.27. The molecule has 0 bridgehead atoms. The normalized spacial score (nSPS) is 11.1. The summed E-state index contributed by atoms with van der Waals surface area (Å²) in [6, 6.07) is 19.5. The Labute approximate surface area is 172 Å². The molecule has 2 amide bonds. The first kappa shape index (κ1) is 20.8. The number of H-pyrrole nitrogens is 1. The van der Waals surface area contributed by atoms with E-state index in [4.69, 9.17) is 5.73 Å². The molecule has 0 unspecified atom stereocenters. The van der Waals surface area contributed by atoms with Crippen LogP contribution in [-0.2, 0) is 16.8 Å². The molecule has 30 heavy (non-hydrogen) atoms. The van der Waals surface area contributed by atoms with Gasteiger partial charge in [0, 0.05) is 18.2 Å². The van der Waals surface area contributed by atoms with Crippen molar-refractivity contribution >= 4 is 11.8 Å². The number of hydrogen-bond donors (Lipinski definition) is 3. The van der Waals surface area contributed by atoms with E-state index in [2.05, 4.69) is 5.32 Å². The van der Waals surface area contributed by atoms with Gasteiger partial charge in [-0.2, -0.15) is 0 Å². The molecule has 0 fully saturated rings. The number of nitrogens with two attached hydrogens (primary N) is 1. The van der Waals surface area contributed by atoms with Crippen LogP contribution >= 0.6 is 0 Å². The van der Waals surface area contributed by atoms with Gasteiger partial charge in [-0.1, -0.05) is 60.7 Å². The van der Waals surface area contributed by atoms with Crippen LogP contribution in [0.5, 0.6) is 0 Å². The lowest BCUT2D eigenvalue weighted by Crippen LogP contribution is -2.43. The monoisotopic (exact) mass is 406 g/mol. The molecule has 0 aliphatic heterocycles. The van der Waals surface area contributed by atoms with Crippen molar-refractivity contribution in [2.24, 2.45) is 5.73 Å². The van der Waals surface area contributed by atoms with Crippen molar-refractivity contribution in [3.8, 4) is 0 Å². The summed E-state index contributed by atoms with van der Waals surface area (Å²) < 4.78 is 0.944. The molecular weight excluding hydrogens is 384 g/mol. The Morgan fingerprint density at radius 2 is 1.53 bits per heavy atom. The van der Waals surface area contributed by atoms with Crippen LogP contribution in [0.4, 0.5) is 0 Å². The molecule has 0 spiro atoms. The van der Waals surface area contributed by atoms with Crippen molar-refractivity contribution in [3.63, 3.8) is 0 Å². The van der Waals surface area contributed by atoms with Crippen LogP contribution in [0.2, 0.25) is 0 Å². The van der Waals surface area contributed by atoms with E-state index in [1.54, 1.807) is 0 Å². The van der Waals surface area contributed by atoms with Crippen LogP contribution in [0, 0.1) is 0 Å². The van der Waals surface area contributed by atoms with Crippen molar-refractivity contribution < 1.29 is 9.59 Å². The van der Waals surface area contributed by atoms with Gasteiger partial charge in [-0.25, -0.2) is 4.79 Å². The summed E-state index contributed by atoms with van der Waals surface area (Å²) in [4.78, 5) is 49.5. The van der Waals surface area contributed by atoms with E-state index in [1.165, 1.54) is 0 Å². The van der Waals surface area contributed by atoms with Crippen LogP contribution in [0.15, 0.2) is 76.4 Å². The Balaban J connectivity index is 1.83. The van der Waals surface area contributed by atoms with Gasteiger partial charge in [0.1, 0.15) is 12.1 Å². The standard InChI is InChI=1S/C22H22N4O4/c1-22(15-8-4-2-5-9-15,16-10-6-3-7-11-16)14-24-18(27)13-26-12-17(19(23)28)20(29)25-21(26)30/h2-12H,13-14H2,1H3,(H2,23,28)(H,24,27)(H,25,29,30). The number of hydrogen-bond acceptors (Lipinski definition) is 4. The Hall–Kier alpha value is -3.94. The second-order valence-electron chi connectivity index (χ2n) is 7.14. The molecule has 4 N–H and O–H groups in total. The molecule has 8 heteroatoms. The Morgan fingerprint density at radius 3 is 2.03 bits per heavy atom. The Kier molecular flexibility index (Phi) is 5.96. The molecule has 0 saturated carbocycles. The maximum absolute atomic E-state index is 12.6. The lowest BCUT2D eigenvalue weighted by molar-refractivity contribution is -0.121. The van der Waals surface area contributed by atoms with E-state index in [-0.39, 0.29) is 18.7 Å². The number of benzene rings is 2. The highest BCUT2D eigenvalue weighted by atomic mass is 16.2. The van der Waals surface area contributed by atoms with Gasteiger partial charge in [-0.05, 0) is 18.1 Å². The Bertz CT molecular complexity index is 1130. The summed E-state index contributed by atoms with van der Waals surface area (Å²) in [5.41, 5.74) is 4.60. The highest BCUT2D eigenvalue weighted by molar-refractivity contribution is 5.92. The third kappa shape index (κ3) is 4.38. The first-order chi connectivity index (χ1) is 14.3. The molecule has 0 aliphatic rings. The second-order valence-corrected chi connectivity index (χ2v) is 7.14. The SMILES string of the molecule is CC(CNC(=O)Cn1cc(C(N)=O)c(=O)[nH]c1=O)(c1ccccc1)c1ccccc1. The van der Waals surface area contributed by atoms with Gasteiger partial charge in [0.15, 0.2) is 0 Å². The first-order valence-electron chi connectivity index (χ1n) is 9.32. The van der Waals surface area contributed by atoms with Gasteiger partial charge in [-0.3, -0.25) is 23.9 Å².